The van der Waals surface area contributed by atoms with Crippen molar-refractivity contribution in [1.29, 1.82) is 0 Å². The third-order valence-electron chi connectivity index (χ3n) is 3.54. The van der Waals surface area contributed by atoms with E-state index < -0.39 is 5.60 Å². The summed E-state index contributed by atoms with van der Waals surface area (Å²) in [6.45, 7) is 9.01. The maximum absolute atomic E-state index is 9.86. The summed E-state index contributed by atoms with van der Waals surface area (Å²) in [6, 6.07) is 8.35. The van der Waals surface area contributed by atoms with E-state index in [1.807, 2.05) is 19.9 Å². The zero-order valence-electron chi connectivity index (χ0n) is 12.0. The zero-order chi connectivity index (χ0) is 13.9. The lowest BCUT2D eigenvalue weighted by Crippen LogP contribution is -2.50. The molecule has 0 bridgehead atoms. The number of para-hydroxylation sites is 1. The average Bonchev–Trinajstić information content (AvgIpc) is 2.38. The Morgan fingerprint density at radius 1 is 1.16 bits per heavy atom. The SMILES string of the molecule is CC(C)(O)CN1CCN(c2ccccc2CN)CC1. The third kappa shape index (κ3) is 3.93. The van der Waals surface area contributed by atoms with Crippen molar-refractivity contribution in [1.82, 2.24) is 4.90 Å². The van der Waals surface area contributed by atoms with Crippen molar-refractivity contribution >= 4 is 5.69 Å². The van der Waals surface area contributed by atoms with Gasteiger partial charge < -0.3 is 15.7 Å². The molecule has 0 spiro atoms. The molecular formula is C15H25N3O. The van der Waals surface area contributed by atoms with Gasteiger partial charge in [-0.25, -0.2) is 0 Å². The molecule has 0 aromatic heterocycles. The van der Waals surface area contributed by atoms with Crippen LogP contribution in [0.2, 0.25) is 0 Å². The molecule has 1 aliphatic heterocycles. The Kier molecular flexibility index (Phi) is 4.45. The van der Waals surface area contributed by atoms with Crippen LogP contribution >= 0.6 is 0 Å². The smallest absolute Gasteiger partial charge is 0.0718 e. The van der Waals surface area contributed by atoms with E-state index >= 15 is 0 Å². The van der Waals surface area contributed by atoms with E-state index in [0.29, 0.717) is 6.54 Å². The van der Waals surface area contributed by atoms with Gasteiger partial charge in [0.25, 0.3) is 0 Å². The number of piperazine rings is 1. The van der Waals surface area contributed by atoms with Crippen LogP contribution in [-0.4, -0.2) is 48.3 Å². The second-order valence-electron chi connectivity index (χ2n) is 5.91. The summed E-state index contributed by atoms with van der Waals surface area (Å²) in [5, 5.41) is 9.86. The number of aliphatic hydroxyl groups is 1. The minimum Gasteiger partial charge on any atom is -0.389 e. The van der Waals surface area contributed by atoms with Crippen molar-refractivity contribution in [2.24, 2.45) is 5.73 Å². The van der Waals surface area contributed by atoms with E-state index in [0.717, 1.165) is 32.7 Å². The second-order valence-corrected chi connectivity index (χ2v) is 5.91. The average molecular weight is 263 g/mol. The predicted octanol–water partition coefficient (Wildman–Crippen LogP) is 1.04. The summed E-state index contributed by atoms with van der Waals surface area (Å²) in [6.07, 6.45) is 0. The molecule has 0 atom stereocenters. The van der Waals surface area contributed by atoms with Crippen molar-refractivity contribution in [2.45, 2.75) is 26.0 Å². The fraction of sp³-hybridized carbons (Fsp3) is 0.600. The highest BCUT2D eigenvalue weighted by Crippen LogP contribution is 2.21. The Morgan fingerprint density at radius 2 is 1.79 bits per heavy atom. The summed E-state index contributed by atoms with van der Waals surface area (Å²) in [4.78, 5) is 4.71. The van der Waals surface area contributed by atoms with E-state index in [4.69, 9.17) is 5.73 Å². The van der Waals surface area contributed by atoms with E-state index in [9.17, 15) is 5.11 Å². The molecule has 0 saturated carbocycles. The summed E-state index contributed by atoms with van der Waals surface area (Å²) < 4.78 is 0. The highest BCUT2D eigenvalue weighted by atomic mass is 16.3. The quantitative estimate of drug-likeness (QED) is 0.852. The first-order valence-corrected chi connectivity index (χ1v) is 6.97. The van der Waals surface area contributed by atoms with Gasteiger partial charge in [-0.1, -0.05) is 18.2 Å². The number of rotatable bonds is 4. The number of benzene rings is 1. The molecule has 1 saturated heterocycles. The number of hydrogen-bond donors (Lipinski definition) is 2. The van der Waals surface area contributed by atoms with Gasteiger partial charge in [0.1, 0.15) is 0 Å². The molecule has 4 nitrogen and oxygen atoms in total. The fourth-order valence-electron chi connectivity index (χ4n) is 2.69. The molecule has 106 valence electrons. The molecule has 1 aliphatic rings. The maximum Gasteiger partial charge on any atom is 0.0718 e. The Balaban J connectivity index is 1.96. The summed E-state index contributed by atoms with van der Waals surface area (Å²) in [5.74, 6) is 0. The van der Waals surface area contributed by atoms with Crippen LogP contribution in [0.3, 0.4) is 0 Å². The standard InChI is InChI=1S/C15H25N3O/c1-15(2,19)12-17-7-9-18(10-8-17)14-6-4-3-5-13(14)11-16/h3-6,19H,7-12,16H2,1-2H3. The van der Waals surface area contributed by atoms with Crippen molar-refractivity contribution in [3.05, 3.63) is 29.8 Å². The molecule has 0 amide bonds. The molecule has 0 radical (unpaired) electrons. The Morgan fingerprint density at radius 3 is 2.37 bits per heavy atom. The van der Waals surface area contributed by atoms with E-state index in [1.54, 1.807) is 0 Å². The molecular weight excluding hydrogens is 238 g/mol. The summed E-state index contributed by atoms with van der Waals surface area (Å²) in [5.41, 5.74) is 7.65. The second kappa shape index (κ2) is 5.90. The van der Waals surface area contributed by atoms with Crippen LogP contribution in [0.1, 0.15) is 19.4 Å². The Labute approximate surface area is 115 Å². The van der Waals surface area contributed by atoms with Gasteiger partial charge in [-0.15, -0.1) is 0 Å². The molecule has 4 heteroatoms. The molecule has 1 aromatic rings. The first kappa shape index (κ1) is 14.3. The van der Waals surface area contributed by atoms with Gasteiger partial charge in [0.15, 0.2) is 0 Å². The van der Waals surface area contributed by atoms with Crippen LogP contribution in [0.15, 0.2) is 24.3 Å². The van der Waals surface area contributed by atoms with Gasteiger partial charge >= 0.3 is 0 Å². The topological polar surface area (TPSA) is 52.7 Å². The van der Waals surface area contributed by atoms with Crippen LogP contribution < -0.4 is 10.6 Å². The number of hydrogen-bond acceptors (Lipinski definition) is 4. The van der Waals surface area contributed by atoms with Crippen molar-refractivity contribution in [3.63, 3.8) is 0 Å². The lowest BCUT2D eigenvalue weighted by molar-refractivity contribution is 0.0345. The largest absolute Gasteiger partial charge is 0.389 e. The number of nitrogens with zero attached hydrogens (tertiary/aromatic N) is 2. The minimum absolute atomic E-state index is 0.583. The van der Waals surface area contributed by atoms with Crippen molar-refractivity contribution < 1.29 is 5.11 Å². The molecule has 3 N–H and O–H groups in total. The zero-order valence-corrected chi connectivity index (χ0v) is 12.0. The summed E-state index contributed by atoms with van der Waals surface area (Å²) in [7, 11) is 0. The van der Waals surface area contributed by atoms with E-state index in [1.165, 1.54) is 11.3 Å². The van der Waals surface area contributed by atoms with Crippen molar-refractivity contribution in [3.8, 4) is 0 Å². The van der Waals surface area contributed by atoms with Gasteiger partial charge in [0.05, 0.1) is 5.60 Å². The van der Waals surface area contributed by atoms with Crippen molar-refractivity contribution in [2.75, 3.05) is 37.6 Å². The Hall–Kier alpha value is -1.10. The molecule has 0 unspecified atom stereocenters. The van der Waals surface area contributed by atoms with Crippen LogP contribution in [0.5, 0.6) is 0 Å². The fourth-order valence-corrected chi connectivity index (χ4v) is 2.69. The number of β-amino-alcohol motifs (C(OH)–C–C–N with tert-alkyl or cyclic N) is 1. The molecule has 2 rings (SSSR count). The van der Waals surface area contributed by atoms with Gasteiger partial charge in [0.2, 0.25) is 0 Å². The van der Waals surface area contributed by atoms with Crippen LogP contribution in [0.25, 0.3) is 0 Å². The number of nitrogens with two attached hydrogens (primary N) is 1. The lowest BCUT2D eigenvalue weighted by atomic mass is 10.1. The van der Waals surface area contributed by atoms with Crippen LogP contribution in [0, 0.1) is 0 Å². The molecule has 1 heterocycles. The van der Waals surface area contributed by atoms with Gasteiger partial charge in [0, 0.05) is 45.0 Å². The van der Waals surface area contributed by atoms with E-state index in [2.05, 4.69) is 28.0 Å². The molecule has 19 heavy (non-hydrogen) atoms. The van der Waals surface area contributed by atoms with Gasteiger partial charge in [-0.3, -0.25) is 4.90 Å². The third-order valence-corrected chi connectivity index (χ3v) is 3.54. The normalized spacial score (nSPS) is 17.8. The first-order chi connectivity index (χ1) is 8.99. The molecule has 0 aliphatic carbocycles. The Bertz CT molecular complexity index is 406. The summed E-state index contributed by atoms with van der Waals surface area (Å²) >= 11 is 0. The molecule has 1 fully saturated rings. The van der Waals surface area contributed by atoms with Crippen LogP contribution in [0.4, 0.5) is 5.69 Å². The molecule has 1 aromatic carbocycles. The maximum atomic E-state index is 9.86. The lowest BCUT2D eigenvalue weighted by Gasteiger charge is -2.39. The predicted molar refractivity (Wildman–Crippen MR) is 79.3 cm³/mol. The first-order valence-electron chi connectivity index (χ1n) is 6.97. The monoisotopic (exact) mass is 263 g/mol. The van der Waals surface area contributed by atoms with E-state index in [-0.39, 0.29) is 0 Å². The van der Waals surface area contributed by atoms with Crippen LogP contribution in [-0.2, 0) is 6.54 Å². The highest BCUT2D eigenvalue weighted by molar-refractivity contribution is 5.53. The minimum atomic E-state index is -0.614. The highest BCUT2D eigenvalue weighted by Gasteiger charge is 2.23. The van der Waals surface area contributed by atoms with Gasteiger partial charge in [-0.2, -0.15) is 0 Å². The number of anilines is 1. The van der Waals surface area contributed by atoms with Gasteiger partial charge in [-0.05, 0) is 25.5 Å².